The van der Waals surface area contributed by atoms with E-state index in [-0.39, 0.29) is 49.1 Å². The number of aromatic nitrogens is 3. The van der Waals surface area contributed by atoms with E-state index in [0.29, 0.717) is 29.4 Å². The van der Waals surface area contributed by atoms with Crippen molar-refractivity contribution in [1.82, 2.24) is 20.3 Å². The number of carbonyl (C=O) groups excluding carboxylic acids is 2. The zero-order chi connectivity index (χ0) is 32.6. The average molecular weight is 632 g/mol. The van der Waals surface area contributed by atoms with E-state index < -0.39 is 30.0 Å². The lowest BCUT2D eigenvalue weighted by atomic mass is 10.0. The maximum atomic E-state index is 13.2. The highest BCUT2D eigenvalue weighted by Gasteiger charge is 2.25. The molecular formula is C32H33N5O9. The van der Waals surface area contributed by atoms with Crippen LogP contribution in [0.1, 0.15) is 51.4 Å². The molecule has 2 aromatic carbocycles. The van der Waals surface area contributed by atoms with Crippen LogP contribution in [0, 0.1) is 6.92 Å². The van der Waals surface area contributed by atoms with Crippen molar-refractivity contribution in [1.29, 1.82) is 0 Å². The van der Waals surface area contributed by atoms with Gasteiger partial charge in [0.25, 0.3) is 11.5 Å². The second-order valence-corrected chi connectivity index (χ2v) is 10.6. The molecule has 6 N–H and O–H groups in total. The number of benzene rings is 2. The molecule has 1 unspecified atom stereocenters. The number of H-pyrrole nitrogens is 2. The van der Waals surface area contributed by atoms with Crippen molar-refractivity contribution in [3.63, 3.8) is 0 Å². The van der Waals surface area contributed by atoms with E-state index in [1.807, 2.05) is 30.3 Å². The average Bonchev–Trinajstić information content (AvgIpc) is 3.61. The van der Waals surface area contributed by atoms with E-state index >= 15 is 0 Å². The lowest BCUT2D eigenvalue weighted by molar-refractivity contribution is -0.149. The van der Waals surface area contributed by atoms with E-state index in [0.717, 1.165) is 16.7 Å². The molecule has 5 rings (SSSR count). The summed E-state index contributed by atoms with van der Waals surface area (Å²) in [6.07, 6.45) is 1.65. The number of nitrogens with two attached hydrogens (primary N) is 1. The summed E-state index contributed by atoms with van der Waals surface area (Å²) in [5, 5.41) is 13.5. The molecule has 0 saturated carbocycles. The maximum Gasteiger partial charge on any atom is 0.519 e. The number of rotatable bonds is 14. The summed E-state index contributed by atoms with van der Waals surface area (Å²) in [4.78, 5) is 59.4. The summed E-state index contributed by atoms with van der Waals surface area (Å²) >= 11 is 0. The number of fused-ring (bicyclic) bond motifs is 1. The molecule has 5 aromatic rings. The number of aryl methyl sites for hydroxylation is 3. The first-order valence-electron chi connectivity index (χ1n) is 14.5. The molecule has 3 heterocycles. The van der Waals surface area contributed by atoms with E-state index in [4.69, 9.17) is 24.0 Å². The standard InChI is InChI=1S/C32H33N5O9/c1-18-24(46-32(42)45-18)17-44-30(41)23(13-14-25(38)43-16-20-5-3-2-4-6-20)35-28(39)21-10-7-19(8-11-21)9-12-22-15-34-27-26(22)29(40)37-31(33)36-27/h2-8,10-11,15,23,25,38H,9,12-14,16-17H2,1H3,(H,35,39)(H4,33,34,36,37,40)/t23-,25?/m0/s1. The van der Waals surface area contributed by atoms with E-state index in [1.165, 1.54) is 6.92 Å². The first-order chi connectivity index (χ1) is 22.2. The van der Waals surface area contributed by atoms with Gasteiger partial charge in [0, 0.05) is 18.2 Å². The molecule has 46 heavy (non-hydrogen) atoms. The minimum absolute atomic E-state index is 0.00279. The Bertz CT molecular complexity index is 1910. The number of esters is 1. The highest BCUT2D eigenvalue weighted by Crippen LogP contribution is 2.17. The Hall–Kier alpha value is -5.47. The second-order valence-electron chi connectivity index (χ2n) is 10.6. The number of nitrogen functional groups attached to an aromatic ring is 1. The minimum Gasteiger partial charge on any atom is -0.456 e. The zero-order valence-electron chi connectivity index (χ0n) is 24.9. The molecule has 14 nitrogen and oxygen atoms in total. The molecule has 14 heteroatoms. The first-order valence-corrected chi connectivity index (χ1v) is 14.5. The molecule has 0 bridgehead atoms. The van der Waals surface area contributed by atoms with Gasteiger partial charge in [-0.2, -0.15) is 4.98 Å². The molecule has 0 spiro atoms. The van der Waals surface area contributed by atoms with Crippen LogP contribution in [0.3, 0.4) is 0 Å². The lowest BCUT2D eigenvalue weighted by Gasteiger charge is -2.19. The number of ether oxygens (including phenoxy) is 2. The Labute approximate surface area is 261 Å². The summed E-state index contributed by atoms with van der Waals surface area (Å²) in [6, 6.07) is 14.9. The van der Waals surface area contributed by atoms with Gasteiger partial charge in [0.2, 0.25) is 5.95 Å². The number of hydrogen-bond acceptors (Lipinski definition) is 11. The molecule has 0 fully saturated rings. The molecule has 0 radical (unpaired) electrons. The van der Waals surface area contributed by atoms with Crippen molar-refractivity contribution in [2.24, 2.45) is 0 Å². The van der Waals surface area contributed by atoms with Gasteiger partial charge < -0.3 is 39.4 Å². The fourth-order valence-electron chi connectivity index (χ4n) is 4.81. The number of amides is 1. The largest absolute Gasteiger partial charge is 0.519 e. The van der Waals surface area contributed by atoms with Crippen LogP contribution in [0.5, 0.6) is 0 Å². The van der Waals surface area contributed by atoms with Crippen LogP contribution in [0.2, 0.25) is 0 Å². The van der Waals surface area contributed by atoms with Crippen molar-refractivity contribution < 1.29 is 33.0 Å². The fraction of sp³-hybridized carbons (Fsp3) is 0.281. The third kappa shape index (κ3) is 8.16. The Morgan fingerprint density at radius 1 is 1.00 bits per heavy atom. The molecular weight excluding hydrogens is 598 g/mol. The predicted octanol–water partition coefficient (Wildman–Crippen LogP) is 2.63. The molecule has 0 aliphatic rings. The molecule has 1 amide bonds. The molecule has 3 aromatic heterocycles. The number of anilines is 1. The predicted molar refractivity (Wildman–Crippen MR) is 164 cm³/mol. The topological polar surface area (TPSA) is 216 Å². The lowest BCUT2D eigenvalue weighted by Crippen LogP contribution is -2.42. The summed E-state index contributed by atoms with van der Waals surface area (Å²) in [7, 11) is 0. The van der Waals surface area contributed by atoms with Gasteiger partial charge in [0.05, 0.1) is 12.0 Å². The molecule has 240 valence electrons. The Balaban J connectivity index is 1.20. The maximum absolute atomic E-state index is 13.2. The van der Waals surface area contributed by atoms with Crippen molar-refractivity contribution in [3.8, 4) is 0 Å². The highest BCUT2D eigenvalue weighted by molar-refractivity contribution is 5.96. The Kier molecular flexibility index (Phi) is 10.1. The van der Waals surface area contributed by atoms with Crippen LogP contribution in [-0.4, -0.2) is 44.3 Å². The fourth-order valence-corrected chi connectivity index (χ4v) is 4.81. The highest BCUT2D eigenvalue weighted by atomic mass is 16.6. The number of aliphatic hydroxyl groups excluding tert-OH is 1. The summed E-state index contributed by atoms with van der Waals surface area (Å²) in [6.45, 7) is 1.28. The van der Waals surface area contributed by atoms with Crippen LogP contribution < -0.4 is 22.4 Å². The van der Waals surface area contributed by atoms with Crippen LogP contribution in [0.4, 0.5) is 5.95 Å². The SMILES string of the molecule is Cc1oc(=O)oc1COC(=O)[C@H](CCC(O)OCc1ccccc1)NC(=O)c1ccc(CCc2c[nH]c3nc(N)[nH]c(=O)c23)cc1. The molecule has 2 atom stereocenters. The van der Waals surface area contributed by atoms with Gasteiger partial charge in [-0.3, -0.25) is 14.6 Å². The Morgan fingerprint density at radius 2 is 1.76 bits per heavy atom. The minimum atomic E-state index is -1.21. The van der Waals surface area contributed by atoms with Gasteiger partial charge in [0.15, 0.2) is 24.4 Å². The number of nitrogens with zero attached hydrogens (tertiary/aromatic N) is 1. The number of aromatic amines is 2. The number of aliphatic hydroxyl groups is 1. The molecule has 0 aliphatic carbocycles. The third-order valence-corrected chi connectivity index (χ3v) is 7.30. The van der Waals surface area contributed by atoms with Crippen molar-refractivity contribution >= 4 is 28.9 Å². The number of hydrogen-bond donors (Lipinski definition) is 5. The van der Waals surface area contributed by atoms with E-state index in [2.05, 4.69) is 20.3 Å². The van der Waals surface area contributed by atoms with E-state index in [1.54, 1.807) is 30.5 Å². The molecule has 0 saturated heterocycles. The Morgan fingerprint density at radius 3 is 2.48 bits per heavy atom. The zero-order valence-corrected chi connectivity index (χ0v) is 24.9. The van der Waals surface area contributed by atoms with Crippen LogP contribution in [0.15, 0.2) is 79.2 Å². The number of carbonyl (C=O) groups is 2. The number of nitrogens with one attached hydrogen (secondary N) is 3. The van der Waals surface area contributed by atoms with Crippen molar-refractivity contribution in [2.45, 2.75) is 58.2 Å². The van der Waals surface area contributed by atoms with Gasteiger partial charge >= 0.3 is 11.8 Å². The quantitative estimate of drug-likeness (QED) is 0.0887. The van der Waals surface area contributed by atoms with Gasteiger partial charge in [0.1, 0.15) is 11.7 Å². The van der Waals surface area contributed by atoms with Crippen LogP contribution >= 0.6 is 0 Å². The summed E-state index contributed by atoms with van der Waals surface area (Å²) in [5.74, 6) is -2.01. The summed E-state index contributed by atoms with van der Waals surface area (Å²) in [5.41, 5.74) is 8.56. The van der Waals surface area contributed by atoms with Crippen LogP contribution in [0.25, 0.3) is 11.0 Å². The van der Waals surface area contributed by atoms with E-state index in [9.17, 15) is 24.3 Å². The van der Waals surface area contributed by atoms with Crippen molar-refractivity contribution in [3.05, 3.63) is 116 Å². The normalized spacial score (nSPS) is 12.6. The van der Waals surface area contributed by atoms with Gasteiger partial charge in [-0.15, -0.1) is 0 Å². The molecule has 0 aliphatic heterocycles. The first kappa shape index (κ1) is 31.9. The van der Waals surface area contributed by atoms with Gasteiger partial charge in [-0.05, 0) is 55.0 Å². The third-order valence-electron chi connectivity index (χ3n) is 7.30. The van der Waals surface area contributed by atoms with Gasteiger partial charge in [-0.25, -0.2) is 9.59 Å². The van der Waals surface area contributed by atoms with Crippen LogP contribution in [-0.2, 0) is 40.3 Å². The monoisotopic (exact) mass is 631 g/mol. The smallest absolute Gasteiger partial charge is 0.456 e. The van der Waals surface area contributed by atoms with Crippen molar-refractivity contribution in [2.75, 3.05) is 5.73 Å². The van der Waals surface area contributed by atoms with Gasteiger partial charge in [-0.1, -0.05) is 42.5 Å². The summed E-state index contributed by atoms with van der Waals surface area (Å²) < 4.78 is 20.5. The second kappa shape index (κ2) is 14.5.